The van der Waals surface area contributed by atoms with Gasteiger partial charge in [0.2, 0.25) is 0 Å². The number of methoxy groups -OCH3 is 1. The zero-order chi connectivity index (χ0) is 24.3. The summed E-state index contributed by atoms with van der Waals surface area (Å²) >= 11 is 0. The standard InChI is InChI=1S/C26H30N2O5/c1-7-27-18(4)22(17(3)23(27)26(31)32-6)24(29)19(5)28(15-21-9-8-14-33-21)25(30)20-12-10-16(2)11-13-20/h8-14,19H,7,15H2,1-6H3/t19-/m1/s1. The lowest BCUT2D eigenvalue weighted by atomic mass is 9.99. The van der Waals surface area contributed by atoms with Crippen LogP contribution < -0.4 is 0 Å². The van der Waals surface area contributed by atoms with Crippen molar-refractivity contribution in [2.75, 3.05) is 7.11 Å². The van der Waals surface area contributed by atoms with Crippen molar-refractivity contribution in [3.63, 3.8) is 0 Å². The van der Waals surface area contributed by atoms with Crippen LogP contribution in [0, 0.1) is 20.8 Å². The average molecular weight is 451 g/mol. The first kappa shape index (κ1) is 24.0. The Bertz CT molecular complexity index is 1160. The van der Waals surface area contributed by atoms with Crippen molar-refractivity contribution in [1.29, 1.82) is 0 Å². The first-order chi connectivity index (χ1) is 15.7. The first-order valence-electron chi connectivity index (χ1n) is 10.9. The van der Waals surface area contributed by atoms with E-state index in [0.29, 0.717) is 40.4 Å². The van der Waals surface area contributed by atoms with Gasteiger partial charge < -0.3 is 18.6 Å². The van der Waals surface area contributed by atoms with Gasteiger partial charge in [-0.05, 0) is 64.4 Å². The Balaban J connectivity index is 2.04. The number of ketones is 1. The minimum absolute atomic E-state index is 0.142. The second-order valence-corrected chi connectivity index (χ2v) is 8.09. The number of hydrogen-bond acceptors (Lipinski definition) is 5. The van der Waals surface area contributed by atoms with Gasteiger partial charge in [0.05, 0.1) is 26.0 Å². The van der Waals surface area contributed by atoms with E-state index in [1.165, 1.54) is 18.3 Å². The maximum atomic E-state index is 13.7. The van der Waals surface area contributed by atoms with Gasteiger partial charge in [-0.3, -0.25) is 9.59 Å². The zero-order valence-corrected chi connectivity index (χ0v) is 20.0. The molecule has 1 aromatic carbocycles. The molecule has 0 unspecified atom stereocenters. The summed E-state index contributed by atoms with van der Waals surface area (Å²) in [6.45, 7) is 9.76. The summed E-state index contributed by atoms with van der Waals surface area (Å²) in [5.74, 6) is -0.433. The highest BCUT2D eigenvalue weighted by Gasteiger charge is 2.33. The van der Waals surface area contributed by atoms with E-state index in [-0.39, 0.29) is 18.2 Å². The third-order valence-corrected chi connectivity index (χ3v) is 6.02. The number of amides is 1. The molecular weight excluding hydrogens is 420 g/mol. The van der Waals surface area contributed by atoms with E-state index in [1.807, 2.05) is 32.9 Å². The highest BCUT2D eigenvalue weighted by atomic mass is 16.5. The van der Waals surface area contributed by atoms with Crippen LogP contribution in [0.5, 0.6) is 0 Å². The highest BCUT2D eigenvalue weighted by Crippen LogP contribution is 2.27. The number of carbonyl (C=O) groups is 3. The summed E-state index contributed by atoms with van der Waals surface area (Å²) in [6, 6.07) is 9.96. The van der Waals surface area contributed by atoms with Gasteiger partial charge in [-0.1, -0.05) is 17.7 Å². The molecule has 0 saturated carbocycles. The molecule has 33 heavy (non-hydrogen) atoms. The van der Waals surface area contributed by atoms with E-state index in [9.17, 15) is 14.4 Å². The van der Waals surface area contributed by atoms with E-state index >= 15 is 0 Å². The third kappa shape index (κ3) is 4.62. The number of benzene rings is 1. The molecule has 0 fully saturated rings. The Morgan fingerprint density at radius 1 is 1.09 bits per heavy atom. The molecule has 3 aromatic rings. The largest absolute Gasteiger partial charge is 0.467 e. The maximum absolute atomic E-state index is 13.7. The minimum atomic E-state index is -0.792. The number of nitrogens with zero attached hydrogens (tertiary/aromatic N) is 2. The molecule has 0 saturated heterocycles. The molecule has 2 aromatic heterocycles. The Morgan fingerprint density at radius 2 is 1.76 bits per heavy atom. The SMILES string of the molecule is CCn1c(C)c(C(=O)[C@@H](C)N(Cc2ccco2)C(=O)c2ccc(C)cc2)c(C)c1C(=O)OC. The van der Waals surface area contributed by atoms with E-state index < -0.39 is 12.0 Å². The van der Waals surface area contributed by atoms with Crippen molar-refractivity contribution in [2.24, 2.45) is 0 Å². The van der Waals surface area contributed by atoms with Crippen molar-refractivity contribution < 1.29 is 23.5 Å². The Morgan fingerprint density at radius 3 is 2.30 bits per heavy atom. The summed E-state index contributed by atoms with van der Waals surface area (Å²) < 4.78 is 12.2. The lowest BCUT2D eigenvalue weighted by Gasteiger charge is -2.28. The predicted molar refractivity (Wildman–Crippen MR) is 124 cm³/mol. The lowest BCUT2D eigenvalue weighted by Crippen LogP contribution is -2.43. The Hall–Kier alpha value is -3.61. The molecule has 7 heteroatoms. The summed E-state index contributed by atoms with van der Waals surface area (Å²) in [5, 5.41) is 0. The van der Waals surface area contributed by atoms with E-state index in [1.54, 1.807) is 42.7 Å². The van der Waals surface area contributed by atoms with Crippen LogP contribution in [0.3, 0.4) is 0 Å². The van der Waals surface area contributed by atoms with Crippen LogP contribution in [-0.2, 0) is 17.8 Å². The van der Waals surface area contributed by atoms with Gasteiger partial charge in [0, 0.05) is 23.4 Å². The van der Waals surface area contributed by atoms with E-state index in [4.69, 9.17) is 9.15 Å². The topological polar surface area (TPSA) is 81.8 Å². The Labute approximate surface area is 193 Å². The van der Waals surface area contributed by atoms with Crippen molar-refractivity contribution in [3.8, 4) is 0 Å². The summed E-state index contributed by atoms with van der Waals surface area (Å²) in [7, 11) is 1.32. The fraction of sp³-hybridized carbons (Fsp3) is 0.346. The van der Waals surface area contributed by atoms with Gasteiger partial charge in [0.25, 0.3) is 5.91 Å². The number of furan rings is 1. The fourth-order valence-electron chi connectivity index (χ4n) is 4.18. The maximum Gasteiger partial charge on any atom is 0.354 e. The van der Waals surface area contributed by atoms with Crippen molar-refractivity contribution in [3.05, 3.63) is 82.1 Å². The van der Waals surface area contributed by atoms with Gasteiger partial charge in [-0.2, -0.15) is 0 Å². The number of esters is 1. The Kier molecular flexibility index (Phi) is 7.21. The quantitative estimate of drug-likeness (QED) is 0.366. The molecule has 0 N–H and O–H groups in total. The number of ether oxygens (including phenoxy) is 1. The molecule has 3 rings (SSSR count). The number of carbonyl (C=O) groups excluding carboxylic acids is 3. The number of Topliss-reactive ketones (excluding diaryl/α,β-unsaturated/α-hetero) is 1. The highest BCUT2D eigenvalue weighted by molar-refractivity contribution is 6.07. The van der Waals surface area contributed by atoms with Crippen LogP contribution in [0.25, 0.3) is 0 Å². The van der Waals surface area contributed by atoms with E-state index in [2.05, 4.69) is 0 Å². The number of aryl methyl sites for hydroxylation is 1. The molecule has 0 aliphatic rings. The van der Waals surface area contributed by atoms with Crippen LogP contribution >= 0.6 is 0 Å². The van der Waals surface area contributed by atoms with Crippen LogP contribution in [0.15, 0.2) is 47.1 Å². The van der Waals surface area contributed by atoms with Crippen LogP contribution in [0.1, 0.15) is 67.6 Å². The van der Waals surface area contributed by atoms with Crippen molar-refractivity contribution in [1.82, 2.24) is 9.47 Å². The molecule has 0 bridgehead atoms. The molecule has 1 atom stereocenters. The molecule has 0 aliphatic carbocycles. The minimum Gasteiger partial charge on any atom is -0.467 e. The number of rotatable bonds is 8. The second kappa shape index (κ2) is 9.90. The van der Waals surface area contributed by atoms with Crippen LogP contribution in [0.4, 0.5) is 0 Å². The molecule has 174 valence electrons. The number of aromatic nitrogens is 1. The van der Waals surface area contributed by atoms with Crippen molar-refractivity contribution in [2.45, 2.75) is 53.8 Å². The van der Waals surface area contributed by atoms with Gasteiger partial charge in [-0.15, -0.1) is 0 Å². The van der Waals surface area contributed by atoms with Crippen LogP contribution in [0.2, 0.25) is 0 Å². The van der Waals surface area contributed by atoms with Gasteiger partial charge in [0.15, 0.2) is 5.78 Å². The molecule has 2 heterocycles. The molecular formula is C26H30N2O5. The smallest absolute Gasteiger partial charge is 0.354 e. The molecule has 1 amide bonds. The normalized spacial score (nSPS) is 11.8. The lowest BCUT2D eigenvalue weighted by molar-refractivity contribution is 0.0585. The first-order valence-corrected chi connectivity index (χ1v) is 10.9. The zero-order valence-electron chi connectivity index (χ0n) is 20.0. The fourth-order valence-corrected chi connectivity index (χ4v) is 4.18. The van der Waals surface area contributed by atoms with Gasteiger partial charge in [-0.25, -0.2) is 4.79 Å². The third-order valence-electron chi connectivity index (χ3n) is 6.02. The van der Waals surface area contributed by atoms with Gasteiger partial charge >= 0.3 is 5.97 Å². The summed E-state index contributed by atoms with van der Waals surface area (Å²) in [4.78, 5) is 41.1. The predicted octanol–water partition coefficient (Wildman–Crippen LogP) is 4.73. The van der Waals surface area contributed by atoms with Crippen molar-refractivity contribution >= 4 is 17.7 Å². The molecule has 0 radical (unpaired) electrons. The monoisotopic (exact) mass is 450 g/mol. The van der Waals surface area contributed by atoms with Gasteiger partial charge in [0.1, 0.15) is 11.5 Å². The second-order valence-electron chi connectivity index (χ2n) is 8.09. The van der Waals surface area contributed by atoms with E-state index in [0.717, 1.165) is 5.56 Å². The molecule has 0 spiro atoms. The molecule has 0 aliphatic heterocycles. The summed E-state index contributed by atoms with van der Waals surface area (Å²) in [5.41, 5.74) is 3.55. The average Bonchev–Trinajstić information content (AvgIpc) is 3.41. The van der Waals surface area contributed by atoms with Crippen LogP contribution in [-0.4, -0.2) is 40.3 Å². The summed E-state index contributed by atoms with van der Waals surface area (Å²) in [6.07, 6.45) is 1.54. The molecule has 7 nitrogen and oxygen atoms in total. The number of hydrogen-bond donors (Lipinski definition) is 0.